The first-order valence-electron chi connectivity index (χ1n) is 5.85. The summed E-state index contributed by atoms with van der Waals surface area (Å²) >= 11 is 8.89. The fourth-order valence-electron chi connectivity index (χ4n) is 1.61. The van der Waals surface area contributed by atoms with Gasteiger partial charge in [-0.15, -0.1) is 0 Å². The number of carbonyl (C=O) groups excluding carboxylic acids is 1. The van der Waals surface area contributed by atoms with Crippen LogP contribution in [0.4, 0.5) is 25.0 Å². The number of anilines is 2. The van der Waals surface area contributed by atoms with Crippen molar-refractivity contribution in [3.63, 3.8) is 0 Å². The summed E-state index contributed by atoms with van der Waals surface area (Å²) < 4.78 is 27.4. The van der Waals surface area contributed by atoms with Crippen molar-refractivity contribution < 1.29 is 13.6 Å². The molecule has 0 unspecified atom stereocenters. The van der Waals surface area contributed by atoms with Gasteiger partial charge in [0.25, 0.3) is 0 Å². The fourth-order valence-corrected chi connectivity index (χ4v) is 2.19. The molecule has 0 radical (unpaired) electrons. The van der Waals surface area contributed by atoms with Crippen LogP contribution < -0.4 is 10.6 Å². The third-order valence-corrected chi connectivity index (χ3v) is 3.54. The minimum atomic E-state index is -0.876. The highest BCUT2D eigenvalue weighted by Gasteiger charge is 2.13. The summed E-state index contributed by atoms with van der Waals surface area (Å²) in [4.78, 5) is 11.8. The van der Waals surface area contributed by atoms with Crippen molar-refractivity contribution in [3.05, 3.63) is 57.0 Å². The van der Waals surface area contributed by atoms with E-state index in [9.17, 15) is 13.6 Å². The van der Waals surface area contributed by atoms with Crippen molar-refractivity contribution in [1.29, 1.82) is 0 Å². The Morgan fingerprint density at radius 2 is 1.76 bits per heavy atom. The van der Waals surface area contributed by atoms with E-state index in [-0.39, 0.29) is 4.47 Å². The Kier molecular flexibility index (Phi) is 4.80. The van der Waals surface area contributed by atoms with Gasteiger partial charge in [-0.3, -0.25) is 0 Å². The lowest BCUT2D eigenvalue weighted by Crippen LogP contribution is -2.21. The molecule has 0 aliphatic rings. The third-order valence-electron chi connectivity index (χ3n) is 2.68. The van der Waals surface area contributed by atoms with Gasteiger partial charge in [-0.05, 0) is 36.8 Å². The number of aryl methyl sites for hydroxylation is 1. The summed E-state index contributed by atoms with van der Waals surface area (Å²) in [6.45, 7) is 1.82. The van der Waals surface area contributed by atoms with Gasteiger partial charge >= 0.3 is 6.03 Å². The van der Waals surface area contributed by atoms with Crippen LogP contribution in [0.25, 0.3) is 0 Å². The first-order chi connectivity index (χ1) is 9.86. The summed E-state index contributed by atoms with van der Waals surface area (Å²) in [5.74, 6) is -1.75. The summed E-state index contributed by atoms with van der Waals surface area (Å²) in [5, 5.41) is 5.05. The Hall–Kier alpha value is -1.66. The van der Waals surface area contributed by atoms with E-state index in [1.807, 2.05) is 6.92 Å². The molecule has 2 aromatic carbocycles. The van der Waals surface area contributed by atoms with Crippen molar-refractivity contribution in [1.82, 2.24) is 0 Å². The fraction of sp³-hybridized carbons (Fsp3) is 0.0714. The molecule has 0 spiro atoms. The predicted molar refractivity (Wildman–Crippen MR) is 82.9 cm³/mol. The van der Waals surface area contributed by atoms with Crippen LogP contribution >= 0.6 is 27.5 Å². The van der Waals surface area contributed by atoms with Crippen LogP contribution in [0.5, 0.6) is 0 Å². The largest absolute Gasteiger partial charge is 0.323 e. The first kappa shape index (κ1) is 15.7. The zero-order valence-electron chi connectivity index (χ0n) is 10.8. The molecule has 0 atom stereocenters. The number of hydrogen-bond acceptors (Lipinski definition) is 1. The van der Waals surface area contributed by atoms with Crippen molar-refractivity contribution in [2.45, 2.75) is 6.92 Å². The average molecular weight is 376 g/mol. The highest BCUT2D eigenvalue weighted by atomic mass is 79.9. The molecule has 0 saturated carbocycles. The van der Waals surface area contributed by atoms with Crippen LogP contribution in [-0.4, -0.2) is 6.03 Å². The summed E-state index contributed by atoms with van der Waals surface area (Å²) in [7, 11) is 0. The van der Waals surface area contributed by atoms with Crippen molar-refractivity contribution in [3.8, 4) is 0 Å². The van der Waals surface area contributed by atoms with Crippen LogP contribution in [0.2, 0.25) is 5.02 Å². The molecule has 7 heteroatoms. The molecule has 2 aromatic rings. The number of halogens is 4. The number of benzene rings is 2. The van der Waals surface area contributed by atoms with E-state index in [0.717, 1.165) is 17.7 Å². The second-order valence-electron chi connectivity index (χ2n) is 4.29. The maximum Gasteiger partial charge on any atom is 0.323 e. The van der Waals surface area contributed by atoms with E-state index < -0.39 is 23.4 Å². The summed E-state index contributed by atoms with van der Waals surface area (Å²) in [6.07, 6.45) is 0. The van der Waals surface area contributed by atoms with Gasteiger partial charge in [-0.1, -0.05) is 33.6 Å². The molecule has 110 valence electrons. The van der Waals surface area contributed by atoms with Gasteiger partial charge in [-0.2, -0.15) is 0 Å². The van der Waals surface area contributed by atoms with Gasteiger partial charge in [0.05, 0.1) is 0 Å². The van der Waals surface area contributed by atoms with E-state index in [1.165, 1.54) is 0 Å². The van der Waals surface area contributed by atoms with Crippen molar-refractivity contribution >= 4 is 44.9 Å². The number of rotatable bonds is 2. The number of amides is 2. The monoisotopic (exact) mass is 374 g/mol. The second kappa shape index (κ2) is 6.41. The molecule has 2 rings (SSSR count). The topological polar surface area (TPSA) is 41.1 Å². The molecule has 0 fully saturated rings. The second-order valence-corrected chi connectivity index (χ2v) is 5.61. The van der Waals surface area contributed by atoms with Crippen LogP contribution in [0.3, 0.4) is 0 Å². The quantitative estimate of drug-likeness (QED) is 0.731. The zero-order valence-corrected chi connectivity index (χ0v) is 13.1. The van der Waals surface area contributed by atoms with Gasteiger partial charge in [-0.25, -0.2) is 13.6 Å². The molecule has 2 amide bonds. The van der Waals surface area contributed by atoms with Gasteiger partial charge < -0.3 is 10.6 Å². The smallest absolute Gasteiger partial charge is 0.308 e. The minimum absolute atomic E-state index is 0.244. The standard InChI is InChI=1S/C14H10BrClF2N2O/c1-7-2-3-9(6-10(7)16)19-14(21)20-13-11(17)4-8(15)5-12(13)18/h2-6H,1H3,(H2,19,20,21). The number of carbonyl (C=O) groups is 1. The summed E-state index contributed by atoms with van der Waals surface area (Å²) in [6, 6.07) is 6.25. The highest BCUT2D eigenvalue weighted by molar-refractivity contribution is 9.10. The van der Waals surface area contributed by atoms with Crippen molar-refractivity contribution in [2.75, 3.05) is 10.6 Å². The molecule has 0 saturated heterocycles. The SMILES string of the molecule is Cc1ccc(NC(=O)Nc2c(F)cc(Br)cc2F)cc1Cl. The Labute approximate surface area is 133 Å². The van der Waals surface area contributed by atoms with Crippen LogP contribution in [0.15, 0.2) is 34.8 Å². The van der Waals surface area contributed by atoms with Crippen LogP contribution in [0, 0.1) is 18.6 Å². The lowest BCUT2D eigenvalue weighted by atomic mass is 10.2. The van der Waals surface area contributed by atoms with E-state index in [0.29, 0.717) is 10.7 Å². The molecule has 0 heterocycles. The molecule has 21 heavy (non-hydrogen) atoms. The molecule has 3 nitrogen and oxygen atoms in total. The van der Waals surface area contributed by atoms with E-state index in [4.69, 9.17) is 11.6 Å². The number of hydrogen-bond donors (Lipinski definition) is 2. The minimum Gasteiger partial charge on any atom is -0.308 e. The Morgan fingerprint density at radius 3 is 2.33 bits per heavy atom. The lowest BCUT2D eigenvalue weighted by Gasteiger charge is -2.10. The van der Waals surface area contributed by atoms with E-state index >= 15 is 0 Å². The van der Waals surface area contributed by atoms with Crippen molar-refractivity contribution in [2.24, 2.45) is 0 Å². The predicted octanol–water partition coefficient (Wildman–Crippen LogP) is 5.33. The maximum atomic E-state index is 13.6. The lowest BCUT2D eigenvalue weighted by molar-refractivity contribution is 0.262. The van der Waals surface area contributed by atoms with E-state index in [1.54, 1.807) is 18.2 Å². The Bertz CT molecular complexity index is 686. The highest BCUT2D eigenvalue weighted by Crippen LogP contribution is 2.24. The molecule has 0 bridgehead atoms. The zero-order chi connectivity index (χ0) is 15.6. The molecule has 2 N–H and O–H groups in total. The molecule has 0 aliphatic heterocycles. The molecule has 0 aromatic heterocycles. The maximum absolute atomic E-state index is 13.6. The van der Waals surface area contributed by atoms with Gasteiger partial charge in [0.1, 0.15) is 5.69 Å². The molecular formula is C14H10BrClF2N2O. The Balaban J connectivity index is 2.13. The average Bonchev–Trinajstić information content (AvgIpc) is 2.38. The van der Waals surface area contributed by atoms with E-state index in [2.05, 4.69) is 26.6 Å². The third kappa shape index (κ3) is 3.92. The summed E-state index contributed by atoms with van der Waals surface area (Å²) in [5.41, 5.74) is 0.752. The number of urea groups is 1. The molecular weight excluding hydrogens is 366 g/mol. The van der Waals surface area contributed by atoms with Gasteiger partial charge in [0.2, 0.25) is 0 Å². The molecule has 0 aliphatic carbocycles. The first-order valence-corrected chi connectivity index (χ1v) is 7.02. The van der Waals surface area contributed by atoms with Crippen LogP contribution in [0.1, 0.15) is 5.56 Å². The Morgan fingerprint density at radius 1 is 1.14 bits per heavy atom. The number of nitrogens with one attached hydrogen (secondary N) is 2. The van der Waals surface area contributed by atoms with Gasteiger partial charge in [0.15, 0.2) is 11.6 Å². The van der Waals surface area contributed by atoms with Crippen LogP contribution in [-0.2, 0) is 0 Å². The normalized spacial score (nSPS) is 10.3. The van der Waals surface area contributed by atoms with Gasteiger partial charge in [0, 0.05) is 15.2 Å².